The molecule has 4 aromatic rings. The van der Waals surface area contributed by atoms with Crippen LogP contribution >= 0.6 is 0 Å². The molecule has 2 N–H and O–H groups in total. The lowest BCUT2D eigenvalue weighted by atomic mass is 10.0. The van der Waals surface area contributed by atoms with Crippen molar-refractivity contribution < 1.29 is 22.4 Å². The summed E-state index contributed by atoms with van der Waals surface area (Å²) >= 11 is 0. The van der Waals surface area contributed by atoms with E-state index in [2.05, 4.69) is 20.5 Å². The van der Waals surface area contributed by atoms with Crippen LogP contribution in [-0.2, 0) is 4.79 Å². The van der Waals surface area contributed by atoms with Crippen molar-refractivity contribution in [2.24, 2.45) is 0 Å². The number of aromatic nitrogens is 3. The van der Waals surface area contributed by atoms with Crippen molar-refractivity contribution in [3.05, 3.63) is 53.8 Å². The largest absolute Gasteiger partial charge is 0.403 e. The second-order valence-corrected chi connectivity index (χ2v) is 7.35. The summed E-state index contributed by atoms with van der Waals surface area (Å²) < 4.78 is 47.5. The zero-order valence-electron chi connectivity index (χ0n) is 16.2. The summed E-state index contributed by atoms with van der Waals surface area (Å²) in [4.78, 5) is 16.6. The molecule has 1 aliphatic rings. The van der Waals surface area contributed by atoms with E-state index >= 15 is 0 Å². The second-order valence-electron chi connectivity index (χ2n) is 7.35. The molecule has 10 heteroatoms. The van der Waals surface area contributed by atoms with Gasteiger partial charge in [0.15, 0.2) is 0 Å². The van der Waals surface area contributed by atoms with Gasteiger partial charge in [-0.05, 0) is 42.3 Å². The molecule has 1 saturated heterocycles. The molecule has 0 spiro atoms. The number of anilines is 1. The number of aromatic amines is 1. The molecule has 0 saturated carbocycles. The minimum atomic E-state index is -0.790. The molecule has 0 aliphatic carbocycles. The summed E-state index contributed by atoms with van der Waals surface area (Å²) in [7, 11) is 1.70. The topological polar surface area (TPSA) is 87.0 Å². The number of carbonyl (C=O) groups excluding carboxylic acids is 1. The number of hydrogen-bond acceptors (Lipinski definition) is 5. The Bertz CT molecular complexity index is 1300. The standard InChI is InChI=1S/C21H16F3N5O2/c1-29-7-6-15(20(29)30)25-21-28-27-19(31-21)16-13-8-12(23)9-14(24)18(13)26-17(16)10-2-4-11(22)5-3-10/h2-5,8-9,15,26H,6-7H2,1H3,(H,25,28). The van der Waals surface area contributed by atoms with Gasteiger partial charge in [0.2, 0.25) is 5.91 Å². The number of nitrogens with one attached hydrogen (secondary N) is 2. The molecule has 5 rings (SSSR count). The molecule has 1 fully saturated rings. The third-order valence-corrected chi connectivity index (χ3v) is 5.32. The number of nitrogens with zero attached hydrogens (tertiary/aromatic N) is 3. The van der Waals surface area contributed by atoms with Gasteiger partial charge in [0.05, 0.1) is 16.8 Å². The van der Waals surface area contributed by atoms with Crippen molar-refractivity contribution in [1.29, 1.82) is 0 Å². The Morgan fingerprint density at radius 1 is 1.13 bits per heavy atom. The number of likely N-dealkylation sites (N-methyl/N-ethyl adjacent to an activating group) is 1. The number of halogens is 3. The lowest BCUT2D eigenvalue weighted by Crippen LogP contribution is -2.31. The molecule has 31 heavy (non-hydrogen) atoms. The summed E-state index contributed by atoms with van der Waals surface area (Å²) in [5, 5.41) is 11.1. The number of amides is 1. The first-order chi connectivity index (χ1) is 14.9. The first kappa shape index (κ1) is 19.2. The second kappa shape index (κ2) is 7.15. The maximum absolute atomic E-state index is 14.4. The predicted molar refractivity (Wildman–Crippen MR) is 107 cm³/mol. The highest BCUT2D eigenvalue weighted by atomic mass is 19.1. The van der Waals surface area contributed by atoms with Crippen molar-refractivity contribution >= 4 is 22.8 Å². The molecule has 158 valence electrons. The first-order valence-corrected chi connectivity index (χ1v) is 9.53. The summed E-state index contributed by atoms with van der Waals surface area (Å²) in [5.41, 5.74) is 1.21. The van der Waals surface area contributed by atoms with E-state index in [0.717, 1.165) is 12.1 Å². The molecule has 1 aliphatic heterocycles. The van der Waals surface area contributed by atoms with Crippen LogP contribution in [0.15, 0.2) is 40.8 Å². The van der Waals surface area contributed by atoms with E-state index in [1.807, 2.05) is 0 Å². The van der Waals surface area contributed by atoms with Crippen molar-refractivity contribution in [3.8, 4) is 22.7 Å². The average Bonchev–Trinajstić information content (AvgIpc) is 3.42. The van der Waals surface area contributed by atoms with Crippen LogP contribution in [0.3, 0.4) is 0 Å². The Balaban J connectivity index is 1.62. The van der Waals surface area contributed by atoms with Crippen molar-refractivity contribution in [1.82, 2.24) is 20.1 Å². The van der Waals surface area contributed by atoms with Crippen LogP contribution in [0.4, 0.5) is 19.2 Å². The lowest BCUT2D eigenvalue weighted by molar-refractivity contribution is -0.127. The highest BCUT2D eigenvalue weighted by molar-refractivity contribution is 6.02. The van der Waals surface area contributed by atoms with Crippen LogP contribution in [0.2, 0.25) is 0 Å². The third-order valence-electron chi connectivity index (χ3n) is 5.32. The smallest absolute Gasteiger partial charge is 0.316 e. The number of fused-ring (bicyclic) bond motifs is 1. The lowest BCUT2D eigenvalue weighted by Gasteiger charge is -2.09. The van der Waals surface area contributed by atoms with Crippen molar-refractivity contribution in [2.45, 2.75) is 12.5 Å². The van der Waals surface area contributed by atoms with Crippen molar-refractivity contribution in [3.63, 3.8) is 0 Å². The normalized spacial score (nSPS) is 16.5. The fourth-order valence-corrected chi connectivity index (χ4v) is 3.76. The zero-order chi connectivity index (χ0) is 21.7. The van der Waals surface area contributed by atoms with E-state index < -0.39 is 23.5 Å². The van der Waals surface area contributed by atoms with Crippen LogP contribution in [0.25, 0.3) is 33.6 Å². The number of likely N-dealkylation sites (tertiary alicyclic amines) is 1. The minimum absolute atomic E-state index is 0.00289. The maximum Gasteiger partial charge on any atom is 0.316 e. The van der Waals surface area contributed by atoms with E-state index in [1.165, 1.54) is 24.3 Å². The minimum Gasteiger partial charge on any atom is -0.403 e. The number of rotatable bonds is 4. The van der Waals surface area contributed by atoms with Gasteiger partial charge in [0.1, 0.15) is 23.5 Å². The Kier molecular flexibility index (Phi) is 4.42. The van der Waals surface area contributed by atoms with E-state index in [-0.39, 0.29) is 34.3 Å². The van der Waals surface area contributed by atoms with Crippen LogP contribution in [-0.4, -0.2) is 45.6 Å². The van der Waals surface area contributed by atoms with E-state index in [0.29, 0.717) is 24.2 Å². The SMILES string of the molecule is CN1CCC(Nc2nnc(-c3c(-c4ccc(F)cc4)[nH]c4c(F)cc(F)cc34)o2)C1=O. The molecule has 2 aromatic carbocycles. The number of H-pyrrole nitrogens is 1. The Hall–Kier alpha value is -3.82. The van der Waals surface area contributed by atoms with E-state index in [4.69, 9.17) is 4.42 Å². The van der Waals surface area contributed by atoms with Gasteiger partial charge in [-0.1, -0.05) is 5.10 Å². The maximum atomic E-state index is 14.4. The van der Waals surface area contributed by atoms with Gasteiger partial charge in [-0.15, -0.1) is 5.10 Å². The van der Waals surface area contributed by atoms with Gasteiger partial charge in [-0.3, -0.25) is 4.79 Å². The molecule has 0 radical (unpaired) electrons. The summed E-state index contributed by atoms with van der Waals surface area (Å²) in [6.45, 7) is 0.604. The number of hydrogen-bond donors (Lipinski definition) is 2. The van der Waals surface area contributed by atoms with Gasteiger partial charge in [0, 0.05) is 25.0 Å². The molecule has 2 aromatic heterocycles. The fourth-order valence-electron chi connectivity index (χ4n) is 3.76. The molecule has 7 nitrogen and oxygen atoms in total. The third kappa shape index (κ3) is 3.29. The van der Waals surface area contributed by atoms with Gasteiger partial charge < -0.3 is 19.6 Å². The molecule has 3 heterocycles. The van der Waals surface area contributed by atoms with Crippen LogP contribution < -0.4 is 5.32 Å². The zero-order valence-corrected chi connectivity index (χ0v) is 16.2. The highest BCUT2D eigenvalue weighted by Gasteiger charge is 2.30. The van der Waals surface area contributed by atoms with Gasteiger partial charge in [-0.25, -0.2) is 13.2 Å². The van der Waals surface area contributed by atoms with Crippen LogP contribution in [0.1, 0.15) is 6.42 Å². The van der Waals surface area contributed by atoms with Crippen LogP contribution in [0.5, 0.6) is 0 Å². The Morgan fingerprint density at radius 2 is 1.90 bits per heavy atom. The molecule has 0 bridgehead atoms. The van der Waals surface area contributed by atoms with E-state index in [1.54, 1.807) is 11.9 Å². The number of benzene rings is 2. The fraction of sp³-hybridized carbons (Fsp3) is 0.190. The average molecular weight is 427 g/mol. The van der Waals surface area contributed by atoms with E-state index in [9.17, 15) is 18.0 Å². The molecule has 1 atom stereocenters. The van der Waals surface area contributed by atoms with Gasteiger partial charge in [0.25, 0.3) is 5.89 Å². The number of carbonyl (C=O) groups is 1. The monoisotopic (exact) mass is 427 g/mol. The molecular weight excluding hydrogens is 411 g/mol. The molecule has 1 unspecified atom stereocenters. The quantitative estimate of drug-likeness (QED) is 0.515. The summed E-state index contributed by atoms with van der Waals surface area (Å²) in [6.07, 6.45) is 0.581. The Morgan fingerprint density at radius 3 is 2.61 bits per heavy atom. The van der Waals surface area contributed by atoms with Gasteiger partial charge in [-0.2, -0.15) is 0 Å². The predicted octanol–water partition coefficient (Wildman–Crippen LogP) is 3.94. The highest BCUT2D eigenvalue weighted by Crippen LogP contribution is 2.39. The first-order valence-electron chi connectivity index (χ1n) is 9.53. The van der Waals surface area contributed by atoms with Crippen LogP contribution in [0, 0.1) is 17.5 Å². The molecular formula is C21H16F3N5O2. The van der Waals surface area contributed by atoms with Gasteiger partial charge >= 0.3 is 6.01 Å². The molecule has 1 amide bonds. The summed E-state index contributed by atoms with van der Waals surface area (Å²) in [5.74, 6) is -2.09. The Labute approximate surface area is 173 Å². The van der Waals surface area contributed by atoms with Crippen molar-refractivity contribution in [2.75, 3.05) is 18.9 Å². The summed E-state index contributed by atoms with van der Waals surface area (Å²) in [6, 6.07) is 6.95.